The summed E-state index contributed by atoms with van der Waals surface area (Å²) in [7, 11) is 1.49. The van der Waals surface area contributed by atoms with Crippen LogP contribution in [0.2, 0.25) is 0 Å². The van der Waals surface area contributed by atoms with Gasteiger partial charge in [-0.25, -0.2) is 15.4 Å². The van der Waals surface area contributed by atoms with Gasteiger partial charge in [0.2, 0.25) is 5.95 Å². The van der Waals surface area contributed by atoms with Crippen molar-refractivity contribution in [3.05, 3.63) is 39.6 Å². The Bertz CT molecular complexity index is 645. The molecule has 1 aromatic heterocycles. The number of aromatic nitrogens is 2. The van der Waals surface area contributed by atoms with Crippen LogP contribution in [0.4, 0.5) is 5.95 Å². The molecule has 0 saturated carbocycles. The van der Waals surface area contributed by atoms with E-state index in [1.165, 1.54) is 7.11 Å². The standard InChI is InChI=1S/C14H15BrN4O2/c1-8-4-9(2)18-14(17-8)19-16-7-10-5-11(15)13(21-3)12(20)6-10/h4-7,20H,1-3H3,(H,17,18,19)/b16-7+. The molecule has 110 valence electrons. The molecule has 1 aromatic carbocycles. The zero-order chi connectivity index (χ0) is 15.4. The maximum Gasteiger partial charge on any atom is 0.243 e. The van der Waals surface area contributed by atoms with Crippen LogP contribution in [0.3, 0.4) is 0 Å². The number of phenolic OH excluding ortho intramolecular Hbond substituents is 1. The minimum absolute atomic E-state index is 0.0379. The van der Waals surface area contributed by atoms with Gasteiger partial charge >= 0.3 is 0 Å². The Labute approximate surface area is 131 Å². The minimum Gasteiger partial charge on any atom is -0.504 e. The van der Waals surface area contributed by atoms with Crippen molar-refractivity contribution in [2.75, 3.05) is 12.5 Å². The van der Waals surface area contributed by atoms with Crippen LogP contribution in [0.25, 0.3) is 0 Å². The number of nitrogens with one attached hydrogen (secondary N) is 1. The van der Waals surface area contributed by atoms with Crippen molar-refractivity contribution in [1.82, 2.24) is 9.97 Å². The van der Waals surface area contributed by atoms with Crippen molar-refractivity contribution in [1.29, 1.82) is 0 Å². The first kappa shape index (κ1) is 15.2. The Hall–Kier alpha value is -2.15. The molecule has 0 aliphatic carbocycles. The number of anilines is 1. The lowest BCUT2D eigenvalue weighted by atomic mass is 10.2. The summed E-state index contributed by atoms with van der Waals surface area (Å²) in [6, 6.07) is 5.22. The summed E-state index contributed by atoms with van der Waals surface area (Å²) < 4.78 is 5.70. The third-order valence-electron chi connectivity index (χ3n) is 2.61. The molecule has 21 heavy (non-hydrogen) atoms. The molecule has 2 aromatic rings. The van der Waals surface area contributed by atoms with Gasteiger partial charge in [-0.15, -0.1) is 0 Å². The maximum atomic E-state index is 9.80. The van der Waals surface area contributed by atoms with E-state index < -0.39 is 0 Å². The largest absolute Gasteiger partial charge is 0.504 e. The predicted octanol–water partition coefficient (Wildman–Crippen LogP) is 3.02. The monoisotopic (exact) mass is 350 g/mol. The fourth-order valence-corrected chi connectivity index (χ4v) is 2.45. The molecule has 2 N–H and O–H groups in total. The van der Waals surface area contributed by atoms with Gasteiger partial charge in [0.1, 0.15) is 0 Å². The van der Waals surface area contributed by atoms with E-state index >= 15 is 0 Å². The summed E-state index contributed by atoms with van der Waals surface area (Å²) in [6.07, 6.45) is 1.56. The maximum absolute atomic E-state index is 9.80. The van der Waals surface area contributed by atoms with E-state index in [1.807, 2.05) is 19.9 Å². The zero-order valence-electron chi connectivity index (χ0n) is 11.9. The Morgan fingerprint density at radius 3 is 2.48 bits per heavy atom. The van der Waals surface area contributed by atoms with Gasteiger partial charge in [0.15, 0.2) is 11.5 Å². The normalized spacial score (nSPS) is 10.9. The highest BCUT2D eigenvalue weighted by atomic mass is 79.9. The second-order valence-electron chi connectivity index (χ2n) is 4.40. The number of halogens is 1. The van der Waals surface area contributed by atoms with Gasteiger partial charge in [-0.1, -0.05) is 0 Å². The first-order valence-corrected chi connectivity index (χ1v) is 6.96. The molecule has 2 rings (SSSR count). The number of hydrogen-bond donors (Lipinski definition) is 2. The van der Waals surface area contributed by atoms with Gasteiger partial charge in [0.25, 0.3) is 0 Å². The number of methoxy groups -OCH3 is 1. The van der Waals surface area contributed by atoms with Gasteiger partial charge in [0, 0.05) is 11.4 Å². The molecule has 1 heterocycles. The SMILES string of the molecule is COc1c(O)cc(/C=N/Nc2nc(C)cc(C)n2)cc1Br. The molecule has 0 saturated heterocycles. The summed E-state index contributed by atoms with van der Waals surface area (Å²) in [4.78, 5) is 8.43. The van der Waals surface area contributed by atoms with E-state index in [2.05, 4.69) is 36.4 Å². The fourth-order valence-electron chi connectivity index (χ4n) is 1.82. The van der Waals surface area contributed by atoms with Crippen molar-refractivity contribution < 1.29 is 9.84 Å². The Kier molecular flexibility index (Phi) is 4.74. The number of aromatic hydroxyl groups is 1. The Balaban J connectivity index is 2.14. The van der Waals surface area contributed by atoms with E-state index in [9.17, 15) is 5.11 Å². The predicted molar refractivity (Wildman–Crippen MR) is 85.1 cm³/mol. The lowest BCUT2D eigenvalue weighted by Gasteiger charge is -2.06. The molecule has 0 amide bonds. The minimum atomic E-state index is 0.0379. The molecule has 0 aliphatic heterocycles. The van der Waals surface area contributed by atoms with E-state index in [0.29, 0.717) is 21.7 Å². The summed E-state index contributed by atoms with van der Waals surface area (Å²) >= 11 is 3.32. The van der Waals surface area contributed by atoms with Crippen molar-refractivity contribution >= 4 is 28.1 Å². The summed E-state index contributed by atoms with van der Waals surface area (Å²) in [6.45, 7) is 3.78. The molecule has 0 fully saturated rings. The molecule has 7 heteroatoms. The van der Waals surface area contributed by atoms with Crippen LogP contribution in [-0.4, -0.2) is 28.4 Å². The number of rotatable bonds is 4. The van der Waals surface area contributed by atoms with Gasteiger partial charge in [0.05, 0.1) is 17.8 Å². The average Bonchev–Trinajstić information content (AvgIpc) is 2.37. The highest BCUT2D eigenvalue weighted by molar-refractivity contribution is 9.10. The third-order valence-corrected chi connectivity index (χ3v) is 3.20. The van der Waals surface area contributed by atoms with Crippen molar-refractivity contribution in [3.8, 4) is 11.5 Å². The van der Waals surface area contributed by atoms with Crippen LogP contribution >= 0.6 is 15.9 Å². The van der Waals surface area contributed by atoms with Crippen molar-refractivity contribution in [3.63, 3.8) is 0 Å². The van der Waals surface area contributed by atoms with Crippen LogP contribution in [-0.2, 0) is 0 Å². The second-order valence-corrected chi connectivity index (χ2v) is 5.25. The summed E-state index contributed by atoms with van der Waals surface area (Å²) in [5, 5.41) is 13.9. The number of phenols is 1. The van der Waals surface area contributed by atoms with Gasteiger partial charge < -0.3 is 9.84 Å². The van der Waals surface area contributed by atoms with Crippen LogP contribution in [0.1, 0.15) is 17.0 Å². The molecule has 0 bridgehead atoms. The summed E-state index contributed by atoms with van der Waals surface area (Å²) in [5.74, 6) is 0.856. The number of hydrazone groups is 1. The third kappa shape index (κ3) is 3.91. The van der Waals surface area contributed by atoms with Crippen molar-refractivity contribution in [2.45, 2.75) is 13.8 Å². The molecule has 0 unspecified atom stereocenters. The zero-order valence-corrected chi connectivity index (χ0v) is 13.5. The van der Waals surface area contributed by atoms with Crippen LogP contribution in [0.15, 0.2) is 27.8 Å². The Morgan fingerprint density at radius 2 is 1.90 bits per heavy atom. The molecule has 6 nitrogen and oxygen atoms in total. The number of aryl methyl sites for hydroxylation is 2. The molecule has 0 radical (unpaired) electrons. The smallest absolute Gasteiger partial charge is 0.243 e. The lowest BCUT2D eigenvalue weighted by Crippen LogP contribution is -1.99. The highest BCUT2D eigenvalue weighted by Gasteiger charge is 2.07. The van der Waals surface area contributed by atoms with Crippen LogP contribution < -0.4 is 10.2 Å². The average molecular weight is 351 g/mol. The first-order chi connectivity index (χ1) is 9.99. The van der Waals surface area contributed by atoms with E-state index in [4.69, 9.17) is 4.74 Å². The Morgan fingerprint density at radius 1 is 1.24 bits per heavy atom. The molecular weight excluding hydrogens is 336 g/mol. The second kappa shape index (κ2) is 6.53. The quantitative estimate of drug-likeness (QED) is 0.654. The van der Waals surface area contributed by atoms with E-state index in [0.717, 1.165) is 11.4 Å². The lowest BCUT2D eigenvalue weighted by molar-refractivity contribution is 0.371. The number of nitrogens with zero attached hydrogens (tertiary/aromatic N) is 3. The van der Waals surface area contributed by atoms with Gasteiger partial charge in [-0.05, 0) is 53.5 Å². The molecule has 0 spiro atoms. The molecule has 0 aliphatic rings. The van der Waals surface area contributed by atoms with Crippen molar-refractivity contribution in [2.24, 2.45) is 5.10 Å². The van der Waals surface area contributed by atoms with Crippen LogP contribution in [0, 0.1) is 13.8 Å². The van der Waals surface area contributed by atoms with Crippen LogP contribution in [0.5, 0.6) is 11.5 Å². The fraction of sp³-hybridized carbons (Fsp3) is 0.214. The molecular formula is C14H15BrN4O2. The highest BCUT2D eigenvalue weighted by Crippen LogP contribution is 2.34. The van der Waals surface area contributed by atoms with Gasteiger partial charge in [-0.2, -0.15) is 5.10 Å². The first-order valence-electron chi connectivity index (χ1n) is 6.17. The van der Waals surface area contributed by atoms with Gasteiger partial charge in [-0.3, -0.25) is 0 Å². The number of benzene rings is 1. The number of ether oxygens (including phenoxy) is 1. The van der Waals surface area contributed by atoms with E-state index in [1.54, 1.807) is 18.3 Å². The topological polar surface area (TPSA) is 79.6 Å². The number of hydrogen-bond acceptors (Lipinski definition) is 6. The van der Waals surface area contributed by atoms with E-state index in [-0.39, 0.29) is 5.75 Å². The molecule has 0 atom stereocenters. The summed E-state index contributed by atoms with van der Waals surface area (Å²) in [5.41, 5.74) is 5.20.